The van der Waals surface area contributed by atoms with Gasteiger partial charge in [-0.25, -0.2) is 8.78 Å². The second-order valence-electron chi connectivity index (χ2n) is 4.53. The third kappa shape index (κ3) is 3.94. The van der Waals surface area contributed by atoms with Gasteiger partial charge < -0.3 is 0 Å². The van der Waals surface area contributed by atoms with E-state index in [-0.39, 0.29) is 12.0 Å². The molecule has 0 aliphatic carbocycles. The number of benzene rings is 2. The zero-order valence-electron chi connectivity index (χ0n) is 10.6. The Hall–Kier alpha value is -1.62. The van der Waals surface area contributed by atoms with Gasteiger partial charge in [-0.1, -0.05) is 12.1 Å². The fourth-order valence-corrected chi connectivity index (χ4v) is 2.25. The molecule has 1 unspecified atom stereocenters. The second kappa shape index (κ2) is 6.02. The molecule has 112 valence electrons. The summed E-state index contributed by atoms with van der Waals surface area (Å²) in [6.07, 6.45) is -4.31. The molecule has 6 heteroatoms. The van der Waals surface area contributed by atoms with Gasteiger partial charge in [0.25, 0.3) is 0 Å². The number of alkyl halides is 4. The molecule has 0 aliphatic heterocycles. The highest BCUT2D eigenvalue weighted by molar-refractivity contribution is 6.20. The first kappa shape index (κ1) is 15.8. The molecule has 0 saturated carbocycles. The molecule has 0 aromatic heterocycles. The van der Waals surface area contributed by atoms with Crippen LogP contribution in [0.2, 0.25) is 0 Å². The largest absolute Gasteiger partial charge is 0.416 e. The van der Waals surface area contributed by atoms with Crippen LogP contribution in [0.4, 0.5) is 22.0 Å². The summed E-state index contributed by atoms with van der Waals surface area (Å²) in [6.45, 7) is 0. The molecule has 0 saturated heterocycles. The van der Waals surface area contributed by atoms with E-state index in [9.17, 15) is 22.0 Å². The first-order valence-corrected chi connectivity index (χ1v) is 6.46. The van der Waals surface area contributed by atoms with Crippen molar-refractivity contribution in [3.8, 4) is 0 Å². The molecule has 0 amide bonds. The molecule has 0 bridgehead atoms. The van der Waals surface area contributed by atoms with Crippen LogP contribution in [0.5, 0.6) is 0 Å². The predicted molar refractivity (Wildman–Crippen MR) is 70.1 cm³/mol. The van der Waals surface area contributed by atoms with Crippen LogP contribution in [0.1, 0.15) is 22.1 Å². The van der Waals surface area contributed by atoms with E-state index in [2.05, 4.69) is 0 Å². The lowest BCUT2D eigenvalue weighted by Crippen LogP contribution is -2.05. The van der Waals surface area contributed by atoms with Gasteiger partial charge in [0, 0.05) is 5.56 Å². The molecule has 0 heterocycles. The van der Waals surface area contributed by atoms with E-state index in [0.29, 0.717) is 5.56 Å². The number of halogens is 6. The van der Waals surface area contributed by atoms with E-state index in [1.165, 1.54) is 12.1 Å². The summed E-state index contributed by atoms with van der Waals surface area (Å²) in [5, 5.41) is -0.863. The van der Waals surface area contributed by atoms with Gasteiger partial charge in [-0.3, -0.25) is 0 Å². The van der Waals surface area contributed by atoms with Crippen LogP contribution < -0.4 is 0 Å². The molecular weight excluding hydrogens is 311 g/mol. The fourth-order valence-electron chi connectivity index (χ4n) is 1.90. The quantitative estimate of drug-likeness (QED) is 0.517. The van der Waals surface area contributed by atoms with Crippen molar-refractivity contribution in [1.82, 2.24) is 0 Å². The number of hydrogen-bond acceptors (Lipinski definition) is 0. The van der Waals surface area contributed by atoms with Gasteiger partial charge >= 0.3 is 6.18 Å². The highest BCUT2D eigenvalue weighted by Crippen LogP contribution is 2.31. The molecule has 0 fully saturated rings. The van der Waals surface area contributed by atoms with E-state index in [4.69, 9.17) is 11.6 Å². The van der Waals surface area contributed by atoms with Gasteiger partial charge in [0.1, 0.15) is 11.6 Å². The summed E-state index contributed by atoms with van der Waals surface area (Å²) in [6, 6.07) is 7.33. The van der Waals surface area contributed by atoms with E-state index in [1.54, 1.807) is 0 Å². The van der Waals surface area contributed by atoms with Crippen molar-refractivity contribution in [2.75, 3.05) is 0 Å². The van der Waals surface area contributed by atoms with Crippen LogP contribution >= 0.6 is 11.6 Å². The van der Waals surface area contributed by atoms with Crippen LogP contribution in [-0.4, -0.2) is 0 Å². The zero-order valence-corrected chi connectivity index (χ0v) is 11.3. The molecular formula is C15H10ClF5. The maximum atomic E-state index is 13.5. The van der Waals surface area contributed by atoms with Crippen molar-refractivity contribution in [1.29, 1.82) is 0 Å². The maximum Gasteiger partial charge on any atom is 0.416 e. The van der Waals surface area contributed by atoms with Crippen molar-refractivity contribution in [3.05, 3.63) is 70.8 Å². The van der Waals surface area contributed by atoms with Crippen molar-refractivity contribution < 1.29 is 22.0 Å². The summed E-state index contributed by atoms with van der Waals surface area (Å²) in [4.78, 5) is 0. The summed E-state index contributed by atoms with van der Waals surface area (Å²) in [5.74, 6) is -1.27. The van der Waals surface area contributed by atoms with Crippen LogP contribution in [0.25, 0.3) is 0 Å². The van der Waals surface area contributed by atoms with E-state index < -0.39 is 28.8 Å². The van der Waals surface area contributed by atoms with Gasteiger partial charge in [-0.15, -0.1) is 11.6 Å². The Morgan fingerprint density at radius 3 is 2.14 bits per heavy atom. The fraction of sp³-hybridized carbons (Fsp3) is 0.200. The lowest BCUT2D eigenvalue weighted by Gasteiger charge is -2.12. The van der Waals surface area contributed by atoms with Gasteiger partial charge in [0.05, 0.1) is 10.9 Å². The van der Waals surface area contributed by atoms with Crippen molar-refractivity contribution >= 4 is 11.6 Å². The summed E-state index contributed by atoms with van der Waals surface area (Å²) < 4.78 is 63.9. The Morgan fingerprint density at radius 1 is 0.952 bits per heavy atom. The molecule has 2 aromatic rings. The molecule has 1 atom stereocenters. The third-order valence-corrected chi connectivity index (χ3v) is 3.38. The van der Waals surface area contributed by atoms with E-state index in [0.717, 1.165) is 30.3 Å². The molecule has 21 heavy (non-hydrogen) atoms. The molecule has 0 aliphatic rings. The minimum absolute atomic E-state index is 0.0171. The average Bonchev–Trinajstić information content (AvgIpc) is 2.41. The maximum absolute atomic E-state index is 13.5. The SMILES string of the molecule is Fc1ccc(F)c(C(Cl)Cc2ccc(C(F)(F)F)cc2)c1. The minimum atomic E-state index is -4.41. The highest BCUT2D eigenvalue weighted by atomic mass is 35.5. The molecule has 2 aromatic carbocycles. The van der Waals surface area contributed by atoms with E-state index in [1.807, 2.05) is 0 Å². The summed E-state index contributed by atoms with van der Waals surface area (Å²) >= 11 is 6.02. The van der Waals surface area contributed by atoms with Gasteiger partial charge in [0.15, 0.2) is 0 Å². The van der Waals surface area contributed by atoms with Gasteiger partial charge in [-0.2, -0.15) is 13.2 Å². The zero-order chi connectivity index (χ0) is 15.6. The third-order valence-electron chi connectivity index (χ3n) is 2.99. The predicted octanol–water partition coefficient (Wildman–Crippen LogP) is 5.51. The summed E-state index contributed by atoms with van der Waals surface area (Å²) in [5.41, 5.74) is -0.280. The Bertz CT molecular complexity index is 619. The van der Waals surface area contributed by atoms with Crippen LogP contribution in [0, 0.1) is 11.6 Å². The standard InChI is InChI=1S/C15H10ClF5/c16-13(12-8-11(17)5-6-14(12)18)7-9-1-3-10(4-2-9)15(19,20)21/h1-6,8,13H,7H2. The molecule has 0 spiro atoms. The van der Waals surface area contributed by atoms with Crippen LogP contribution in [0.15, 0.2) is 42.5 Å². The lowest BCUT2D eigenvalue weighted by atomic mass is 10.0. The molecule has 0 N–H and O–H groups in total. The normalized spacial score (nSPS) is 13.2. The molecule has 2 rings (SSSR count). The van der Waals surface area contributed by atoms with Gasteiger partial charge in [0.2, 0.25) is 0 Å². The topological polar surface area (TPSA) is 0 Å². The Kier molecular flexibility index (Phi) is 4.52. The first-order valence-electron chi connectivity index (χ1n) is 6.02. The number of rotatable bonds is 3. The minimum Gasteiger partial charge on any atom is -0.207 e. The lowest BCUT2D eigenvalue weighted by molar-refractivity contribution is -0.137. The van der Waals surface area contributed by atoms with Crippen molar-refractivity contribution in [3.63, 3.8) is 0 Å². The van der Waals surface area contributed by atoms with E-state index >= 15 is 0 Å². The second-order valence-corrected chi connectivity index (χ2v) is 5.06. The molecule has 0 radical (unpaired) electrons. The van der Waals surface area contributed by atoms with Crippen molar-refractivity contribution in [2.24, 2.45) is 0 Å². The summed E-state index contributed by atoms with van der Waals surface area (Å²) in [7, 11) is 0. The first-order chi connectivity index (χ1) is 9.77. The van der Waals surface area contributed by atoms with Crippen molar-refractivity contribution in [2.45, 2.75) is 18.0 Å². The Morgan fingerprint density at radius 2 is 1.57 bits per heavy atom. The monoisotopic (exact) mass is 320 g/mol. The van der Waals surface area contributed by atoms with Crippen LogP contribution in [-0.2, 0) is 12.6 Å². The average molecular weight is 321 g/mol. The Labute approximate surface area is 123 Å². The Balaban J connectivity index is 2.16. The molecule has 0 nitrogen and oxygen atoms in total. The smallest absolute Gasteiger partial charge is 0.207 e. The van der Waals surface area contributed by atoms with Gasteiger partial charge in [-0.05, 0) is 42.3 Å². The highest BCUT2D eigenvalue weighted by Gasteiger charge is 2.30. The number of hydrogen-bond donors (Lipinski definition) is 0. The van der Waals surface area contributed by atoms with Crippen LogP contribution in [0.3, 0.4) is 0 Å².